The van der Waals surface area contributed by atoms with Crippen LogP contribution in [-0.4, -0.2) is 37.4 Å². The second-order valence-corrected chi connectivity index (χ2v) is 7.20. The van der Waals surface area contributed by atoms with Crippen molar-refractivity contribution in [1.29, 1.82) is 0 Å². The lowest BCUT2D eigenvalue weighted by Gasteiger charge is -2.04. The number of ether oxygens (including phenoxy) is 1. The lowest BCUT2D eigenvalue weighted by atomic mass is 10.1. The van der Waals surface area contributed by atoms with Gasteiger partial charge >= 0.3 is 0 Å². The molecule has 1 amide bonds. The predicted octanol–water partition coefficient (Wildman–Crippen LogP) is 4.24. The van der Waals surface area contributed by atoms with E-state index in [1.807, 2.05) is 60.8 Å². The normalized spacial score (nSPS) is 11.2. The quantitative estimate of drug-likeness (QED) is 0.402. The van der Waals surface area contributed by atoms with Gasteiger partial charge in [-0.1, -0.05) is 18.2 Å². The van der Waals surface area contributed by atoms with Gasteiger partial charge in [0.1, 0.15) is 11.6 Å². The zero-order valence-electron chi connectivity index (χ0n) is 17.8. The molecule has 3 aromatic heterocycles. The van der Waals surface area contributed by atoms with Crippen molar-refractivity contribution in [2.45, 2.75) is 0 Å². The topological polar surface area (TPSA) is 86.3 Å². The summed E-state index contributed by atoms with van der Waals surface area (Å²) in [5, 5.41) is 11.8. The molecule has 0 radical (unpaired) electrons. The standard InChI is InChI=1S/C25H20N6O2/c1-33-21-10-7-18(8-11-21)25-19(17-30(29-25)20-5-3-2-4-6-20)9-12-24(32)28-23-13-15-26-22-14-16-27-31(22)23/h2-17H,1H3,(H,28,32)/b12-9+. The van der Waals surface area contributed by atoms with Crippen molar-refractivity contribution < 1.29 is 9.53 Å². The van der Waals surface area contributed by atoms with Gasteiger partial charge in [0.2, 0.25) is 5.91 Å². The maximum absolute atomic E-state index is 12.7. The number of hydrogen-bond acceptors (Lipinski definition) is 5. The lowest BCUT2D eigenvalue weighted by molar-refractivity contribution is -0.111. The van der Waals surface area contributed by atoms with E-state index in [0.29, 0.717) is 11.5 Å². The number of anilines is 1. The number of carbonyl (C=O) groups excluding carboxylic acids is 1. The Morgan fingerprint density at radius 3 is 2.61 bits per heavy atom. The molecular weight excluding hydrogens is 416 g/mol. The van der Waals surface area contributed by atoms with Crippen LogP contribution in [0.5, 0.6) is 5.75 Å². The summed E-state index contributed by atoms with van der Waals surface area (Å²) in [7, 11) is 1.63. The smallest absolute Gasteiger partial charge is 0.249 e. The first-order valence-electron chi connectivity index (χ1n) is 10.3. The number of rotatable bonds is 6. The van der Waals surface area contributed by atoms with Gasteiger partial charge in [-0.2, -0.15) is 14.7 Å². The predicted molar refractivity (Wildman–Crippen MR) is 126 cm³/mol. The molecule has 2 aromatic carbocycles. The summed E-state index contributed by atoms with van der Waals surface area (Å²) in [6, 6.07) is 20.9. The van der Waals surface area contributed by atoms with E-state index in [-0.39, 0.29) is 5.91 Å². The average molecular weight is 436 g/mol. The van der Waals surface area contributed by atoms with Crippen LogP contribution in [0.1, 0.15) is 5.56 Å². The van der Waals surface area contributed by atoms with E-state index < -0.39 is 0 Å². The number of fused-ring (bicyclic) bond motifs is 1. The average Bonchev–Trinajstić information content (AvgIpc) is 3.51. The monoisotopic (exact) mass is 436 g/mol. The van der Waals surface area contributed by atoms with E-state index in [9.17, 15) is 4.79 Å². The van der Waals surface area contributed by atoms with Crippen LogP contribution in [0, 0.1) is 0 Å². The highest BCUT2D eigenvalue weighted by atomic mass is 16.5. The number of aromatic nitrogens is 5. The molecule has 5 aromatic rings. The molecule has 0 unspecified atom stereocenters. The number of carbonyl (C=O) groups is 1. The van der Waals surface area contributed by atoms with Crippen molar-refractivity contribution in [2.24, 2.45) is 0 Å². The van der Waals surface area contributed by atoms with Crippen molar-refractivity contribution >= 4 is 23.4 Å². The summed E-state index contributed by atoms with van der Waals surface area (Å²) in [5.74, 6) is 1.01. The Bertz CT molecular complexity index is 1440. The van der Waals surface area contributed by atoms with Gasteiger partial charge in [0.25, 0.3) is 0 Å². The minimum Gasteiger partial charge on any atom is -0.497 e. The van der Waals surface area contributed by atoms with Crippen LogP contribution in [0.15, 0.2) is 91.4 Å². The van der Waals surface area contributed by atoms with Crippen molar-refractivity contribution in [2.75, 3.05) is 12.4 Å². The van der Waals surface area contributed by atoms with Gasteiger partial charge in [0.05, 0.1) is 24.7 Å². The number of amides is 1. The Morgan fingerprint density at radius 2 is 1.82 bits per heavy atom. The van der Waals surface area contributed by atoms with Crippen LogP contribution in [0.3, 0.4) is 0 Å². The molecule has 8 heteroatoms. The first-order chi connectivity index (χ1) is 16.2. The molecule has 0 saturated heterocycles. The molecule has 0 aliphatic rings. The third kappa shape index (κ3) is 4.22. The number of benzene rings is 2. The summed E-state index contributed by atoms with van der Waals surface area (Å²) < 4.78 is 8.64. The van der Waals surface area contributed by atoms with Crippen LogP contribution in [0.2, 0.25) is 0 Å². The molecule has 3 heterocycles. The maximum Gasteiger partial charge on any atom is 0.249 e. The van der Waals surface area contributed by atoms with Gasteiger partial charge < -0.3 is 10.1 Å². The Labute approximate surface area is 189 Å². The maximum atomic E-state index is 12.7. The fourth-order valence-corrected chi connectivity index (χ4v) is 3.46. The van der Waals surface area contributed by atoms with Crippen LogP contribution in [0.4, 0.5) is 5.82 Å². The molecule has 0 spiro atoms. The van der Waals surface area contributed by atoms with Gasteiger partial charge in [-0.15, -0.1) is 0 Å². The highest BCUT2D eigenvalue weighted by Crippen LogP contribution is 2.26. The Kier molecular flexibility index (Phi) is 5.38. The molecular formula is C25H20N6O2. The second kappa shape index (κ2) is 8.80. The summed E-state index contributed by atoms with van der Waals surface area (Å²) in [4.78, 5) is 16.9. The summed E-state index contributed by atoms with van der Waals surface area (Å²) in [5.41, 5.74) is 4.05. The number of nitrogens with one attached hydrogen (secondary N) is 1. The van der Waals surface area contributed by atoms with Gasteiger partial charge in [0.15, 0.2) is 5.65 Å². The van der Waals surface area contributed by atoms with Crippen molar-refractivity contribution in [1.82, 2.24) is 24.4 Å². The van der Waals surface area contributed by atoms with E-state index in [0.717, 1.165) is 28.3 Å². The summed E-state index contributed by atoms with van der Waals surface area (Å²) in [6.45, 7) is 0. The Balaban J connectivity index is 1.46. The molecule has 0 atom stereocenters. The fourth-order valence-electron chi connectivity index (χ4n) is 3.46. The van der Waals surface area contributed by atoms with Crippen LogP contribution >= 0.6 is 0 Å². The summed E-state index contributed by atoms with van der Waals surface area (Å²) >= 11 is 0. The first-order valence-corrected chi connectivity index (χ1v) is 10.3. The molecule has 162 valence electrons. The van der Waals surface area contributed by atoms with E-state index >= 15 is 0 Å². The second-order valence-electron chi connectivity index (χ2n) is 7.20. The number of para-hydroxylation sites is 1. The zero-order chi connectivity index (χ0) is 22.6. The van der Waals surface area contributed by atoms with Crippen LogP contribution in [-0.2, 0) is 4.79 Å². The molecule has 8 nitrogen and oxygen atoms in total. The Hall–Kier alpha value is -4.72. The van der Waals surface area contributed by atoms with Gasteiger partial charge in [-0.05, 0) is 48.5 Å². The first kappa shape index (κ1) is 20.2. The van der Waals surface area contributed by atoms with Gasteiger partial charge in [-0.25, -0.2) is 9.67 Å². The molecule has 0 saturated carbocycles. The highest BCUT2D eigenvalue weighted by Gasteiger charge is 2.12. The van der Waals surface area contributed by atoms with Gasteiger partial charge in [-0.3, -0.25) is 4.79 Å². The van der Waals surface area contributed by atoms with E-state index in [1.54, 1.807) is 46.9 Å². The molecule has 1 N–H and O–H groups in total. The van der Waals surface area contributed by atoms with Crippen molar-refractivity contribution in [3.63, 3.8) is 0 Å². The molecule has 33 heavy (non-hydrogen) atoms. The molecule has 0 fully saturated rings. The fraction of sp³-hybridized carbons (Fsp3) is 0.0400. The van der Waals surface area contributed by atoms with Crippen molar-refractivity contribution in [3.8, 4) is 22.7 Å². The molecule has 5 rings (SSSR count). The van der Waals surface area contributed by atoms with Crippen LogP contribution < -0.4 is 10.1 Å². The molecule has 0 bridgehead atoms. The molecule has 0 aliphatic carbocycles. The number of hydrogen-bond donors (Lipinski definition) is 1. The van der Waals surface area contributed by atoms with E-state index in [2.05, 4.69) is 15.4 Å². The van der Waals surface area contributed by atoms with Crippen LogP contribution in [0.25, 0.3) is 28.7 Å². The largest absolute Gasteiger partial charge is 0.497 e. The minimum absolute atomic E-state index is 0.286. The third-order valence-electron chi connectivity index (χ3n) is 5.08. The molecule has 0 aliphatic heterocycles. The zero-order valence-corrected chi connectivity index (χ0v) is 17.8. The SMILES string of the molecule is COc1ccc(-c2nn(-c3ccccc3)cc2/C=C/C(=O)Nc2ccnc3ccnn23)cc1. The van der Waals surface area contributed by atoms with Gasteiger partial charge in [0, 0.05) is 35.7 Å². The number of nitrogens with zero attached hydrogens (tertiary/aromatic N) is 5. The van der Waals surface area contributed by atoms with E-state index in [1.165, 1.54) is 6.08 Å². The third-order valence-corrected chi connectivity index (χ3v) is 5.08. The highest BCUT2D eigenvalue weighted by molar-refractivity contribution is 6.02. The van der Waals surface area contributed by atoms with E-state index in [4.69, 9.17) is 9.84 Å². The number of methoxy groups -OCH3 is 1. The minimum atomic E-state index is -0.286. The van der Waals surface area contributed by atoms with Crippen molar-refractivity contribution in [3.05, 3.63) is 97.0 Å². The lowest BCUT2D eigenvalue weighted by Crippen LogP contribution is -2.11. The summed E-state index contributed by atoms with van der Waals surface area (Å²) in [6.07, 6.45) is 8.39. The Morgan fingerprint density at radius 1 is 1.00 bits per heavy atom.